The standard InChI is InChI=1S/C17H18ClN3O2/c1-17(23)6-12(7-17)20-16(22)11-4-10-5-13(18)14(9-2-3-9)21-15(10)19-8-11/h4-5,8-9,12,23H,2-3,6-7H2,1H3,(H,20,22)/t12-,17-. The smallest absolute Gasteiger partial charge is 0.253 e. The number of hydrogen-bond donors (Lipinski definition) is 2. The SMILES string of the molecule is C[C@]1(O)C[C@H](NC(=O)c2cnc3nc(C4CC4)c(Cl)cc3c2)C1. The summed E-state index contributed by atoms with van der Waals surface area (Å²) in [5.41, 5.74) is 1.37. The lowest BCUT2D eigenvalue weighted by Gasteiger charge is -2.41. The number of nitrogens with zero attached hydrogens (tertiary/aromatic N) is 2. The van der Waals surface area contributed by atoms with E-state index in [2.05, 4.69) is 15.3 Å². The monoisotopic (exact) mass is 331 g/mol. The minimum absolute atomic E-state index is 0.0205. The molecular formula is C17H18ClN3O2. The van der Waals surface area contributed by atoms with Gasteiger partial charge in [-0.2, -0.15) is 0 Å². The van der Waals surface area contributed by atoms with Crippen molar-refractivity contribution in [2.45, 2.75) is 50.2 Å². The van der Waals surface area contributed by atoms with E-state index in [0.717, 1.165) is 23.9 Å². The Hall–Kier alpha value is -1.72. The molecule has 120 valence electrons. The minimum atomic E-state index is -0.657. The van der Waals surface area contributed by atoms with E-state index in [0.29, 0.717) is 35.0 Å². The minimum Gasteiger partial charge on any atom is -0.390 e. The van der Waals surface area contributed by atoms with Gasteiger partial charge in [0.25, 0.3) is 5.91 Å². The first kappa shape index (κ1) is 14.8. The first-order chi connectivity index (χ1) is 10.9. The van der Waals surface area contributed by atoms with Crippen LogP contribution in [0.4, 0.5) is 0 Å². The fourth-order valence-corrected chi connectivity index (χ4v) is 3.51. The molecule has 0 bridgehead atoms. The molecule has 2 saturated carbocycles. The van der Waals surface area contributed by atoms with Crippen molar-refractivity contribution in [2.24, 2.45) is 0 Å². The summed E-state index contributed by atoms with van der Waals surface area (Å²) in [6.45, 7) is 1.78. The number of hydrogen-bond acceptors (Lipinski definition) is 4. The molecule has 0 spiro atoms. The van der Waals surface area contributed by atoms with Crippen LogP contribution in [0.25, 0.3) is 11.0 Å². The Bertz CT molecular complexity index is 794. The van der Waals surface area contributed by atoms with Gasteiger partial charge in [-0.25, -0.2) is 9.97 Å². The summed E-state index contributed by atoms with van der Waals surface area (Å²) in [4.78, 5) is 21.1. The number of nitrogens with one attached hydrogen (secondary N) is 1. The van der Waals surface area contributed by atoms with Gasteiger partial charge in [0.2, 0.25) is 0 Å². The van der Waals surface area contributed by atoms with Crippen molar-refractivity contribution in [3.8, 4) is 0 Å². The van der Waals surface area contributed by atoms with Crippen LogP contribution in [-0.2, 0) is 0 Å². The second-order valence-electron chi connectivity index (χ2n) is 6.98. The largest absolute Gasteiger partial charge is 0.390 e. The summed E-state index contributed by atoms with van der Waals surface area (Å²) < 4.78 is 0. The molecule has 2 fully saturated rings. The van der Waals surface area contributed by atoms with Crippen LogP contribution in [0, 0.1) is 0 Å². The molecule has 1 amide bonds. The van der Waals surface area contributed by atoms with E-state index >= 15 is 0 Å². The van der Waals surface area contributed by atoms with E-state index in [1.165, 1.54) is 0 Å². The van der Waals surface area contributed by atoms with Gasteiger partial charge in [-0.1, -0.05) is 11.6 Å². The average molecular weight is 332 g/mol. The van der Waals surface area contributed by atoms with Crippen LogP contribution in [-0.4, -0.2) is 32.6 Å². The van der Waals surface area contributed by atoms with Crippen molar-refractivity contribution >= 4 is 28.5 Å². The van der Waals surface area contributed by atoms with Crippen molar-refractivity contribution in [1.82, 2.24) is 15.3 Å². The maximum Gasteiger partial charge on any atom is 0.253 e. The van der Waals surface area contributed by atoms with Gasteiger partial charge in [0.1, 0.15) is 0 Å². The molecule has 0 unspecified atom stereocenters. The normalized spacial score (nSPS) is 26.8. The molecule has 2 aliphatic carbocycles. The highest BCUT2D eigenvalue weighted by Crippen LogP contribution is 2.42. The highest BCUT2D eigenvalue weighted by molar-refractivity contribution is 6.32. The maximum absolute atomic E-state index is 12.3. The molecule has 6 heteroatoms. The Morgan fingerprint density at radius 3 is 2.78 bits per heavy atom. The molecule has 0 aliphatic heterocycles. The molecule has 4 rings (SSSR count). The van der Waals surface area contributed by atoms with Gasteiger partial charge in [-0.3, -0.25) is 4.79 Å². The number of carbonyl (C=O) groups is 1. The molecule has 5 nitrogen and oxygen atoms in total. The van der Waals surface area contributed by atoms with Crippen molar-refractivity contribution < 1.29 is 9.90 Å². The van der Waals surface area contributed by atoms with Crippen molar-refractivity contribution in [1.29, 1.82) is 0 Å². The molecule has 0 atom stereocenters. The van der Waals surface area contributed by atoms with Gasteiger partial charge < -0.3 is 10.4 Å². The molecule has 23 heavy (non-hydrogen) atoms. The van der Waals surface area contributed by atoms with E-state index in [9.17, 15) is 9.90 Å². The third-order valence-corrected chi connectivity index (χ3v) is 4.88. The van der Waals surface area contributed by atoms with Crippen LogP contribution >= 0.6 is 11.6 Å². The third-order valence-electron chi connectivity index (χ3n) is 4.58. The number of fused-ring (bicyclic) bond motifs is 1. The van der Waals surface area contributed by atoms with E-state index < -0.39 is 5.60 Å². The van der Waals surface area contributed by atoms with Crippen LogP contribution in [0.5, 0.6) is 0 Å². The van der Waals surface area contributed by atoms with Crippen LogP contribution in [0.1, 0.15) is 54.6 Å². The Labute approximate surface area is 139 Å². The number of pyridine rings is 2. The number of halogens is 1. The zero-order valence-electron chi connectivity index (χ0n) is 12.8. The molecule has 2 aromatic heterocycles. The van der Waals surface area contributed by atoms with E-state index in [1.54, 1.807) is 19.2 Å². The van der Waals surface area contributed by atoms with Crippen LogP contribution in [0.2, 0.25) is 5.02 Å². The zero-order chi connectivity index (χ0) is 16.2. The van der Waals surface area contributed by atoms with E-state index in [1.807, 2.05) is 6.07 Å². The fourth-order valence-electron chi connectivity index (χ4n) is 3.19. The lowest BCUT2D eigenvalue weighted by Crippen LogP contribution is -2.53. The summed E-state index contributed by atoms with van der Waals surface area (Å²) in [5.74, 6) is 0.283. The van der Waals surface area contributed by atoms with Gasteiger partial charge in [0.05, 0.1) is 21.9 Å². The van der Waals surface area contributed by atoms with Gasteiger partial charge in [-0.05, 0) is 44.7 Å². The summed E-state index contributed by atoms with van der Waals surface area (Å²) in [6.07, 6.45) is 4.97. The lowest BCUT2D eigenvalue weighted by atomic mass is 9.77. The summed E-state index contributed by atoms with van der Waals surface area (Å²) >= 11 is 6.30. The Balaban J connectivity index is 1.56. The molecular weight excluding hydrogens is 314 g/mol. The summed E-state index contributed by atoms with van der Waals surface area (Å²) in [7, 11) is 0. The third kappa shape index (κ3) is 2.91. The number of rotatable bonds is 3. The van der Waals surface area contributed by atoms with E-state index in [4.69, 9.17) is 11.6 Å². The molecule has 0 saturated heterocycles. The van der Waals surface area contributed by atoms with Crippen LogP contribution < -0.4 is 5.32 Å². The summed E-state index contributed by atoms with van der Waals surface area (Å²) in [5, 5.41) is 14.1. The average Bonchev–Trinajstić information content (AvgIpc) is 3.28. The maximum atomic E-state index is 12.3. The predicted octanol–water partition coefficient (Wildman–Crippen LogP) is 2.80. The van der Waals surface area contributed by atoms with E-state index in [-0.39, 0.29) is 11.9 Å². The zero-order valence-corrected chi connectivity index (χ0v) is 13.6. The Kier molecular flexibility index (Phi) is 3.32. The summed E-state index contributed by atoms with van der Waals surface area (Å²) in [6, 6.07) is 3.63. The van der Waals surface area contributed by atoms with Crippen LogP contribution in [0.3, 0.4) is 0 Å². The van der Waals surface area contributed by atoms with Crippen molar-refractivity contribution in [3.63, 3.8) is 0 Å². The van der Waals surface area contributed by atoms with Crippen LogP contribution in [0.15, 0.2) is 18.3 Å². The topological polar surface area (TPSA) is 75.1 Å². The lowest BCUT2D eigenvalue weighted by molar-refractivity contribution is -0.0366. The second kappa shape index (κ2) is 5.14. The predicted molar refractivity (Wildman–Crippen MR) is 87.6 cm³/mol. The highest BCUT2D eigenvalue weighted by atomic mass is 35.5. The first-order valence-electron chi connectivity index (χ1n) is 7.91. The fraction of sp³-hybridized carbons (Fsp3) is 0.471. The molecule has 2 heterocycles. The number of amides is 1. The molecule has 2 aliphatic rings. The van der Waals surface area contributed by atoms with Gasteiger partial charge >= 0.3 is 0 Å². The molecule has 0 radical (unpaired) electrons. The van der Waals surface area contributed by atoms with Gasteiger partial charge in [-0.15, -0.1) is 0 Å². The molecule has 0 aromatic carbocycles. The quantitative estimate of drug-likeness (QED) is 0.907. The number of aliphatic hydroxyl groups is 1. The highest BCUT2D eigenvalue weighted by Gasteiger charge is 2.39. The first-order valence-corrected chi connectivity index (χ1v) is 8.28. The van der Waals surface area contributed by atoms with Crippen molar-refractivity contribution in [2.75, 3.05) is 0 Å². The number of aromatic nitrogens is 2. The number of carbonyl (C=O) groups excluding carboxylic acids is 1. The van der Waals surface area contributed by atoms with Gasteiger partial charge in [0.15, 0.2) is 5.65 Å². The van der Waals surface area contributed by atoms with Gasteiger partial charge in [0, 0.05) is 23.5 Å². The molecule has 2 N–H and O–H groups in total. The Morgan fingerprint density at radius 2 is 2.13 bits per heavy atom. The second-order valence-corrected chi connectivity index (χ2v) is 7.38. The molecule has 2 aromatic rings. The Morgan fingerprint density at radius 1 is 1.39 bits per heavy atom. The van der Waals surface area contributed by atoms with Crippen molar-refractivity contribution in [3.05, 3.63) is 34.6 Å².